The fourth-order valence-electron chi connectivity index (χ4n) is 1.95. The molecule has 0 saturated carbocycles. The van der Waals surface area contributed by atoms with Crippen LogP contribution in [0.4, 0.5) is 0 Å². The number of pyridine rings is 1. The van der Waals surface area contributed by atoms with Crippen molar-refractivity contribution in [3.63, 3.8) is 0 Å². The second-order valence-electron chi connectivity index (χ2n) is 4.40. The molecule has 0 saturated heterocycles. The standard InChI is InChI=1S/C14H16N2O3/c1-4-19-13(17)8-11-10(3)15-12-7-9(2)5-6-16(12)14(11)18/h5-7H,4,8H2,1-3H3. The number of rotatable bonds is 3. The van der Waals surface area contributed by atoms with Crippen molar-refractivity contribution in [1.82, 2.24) is 9.38 Å². The summed E-state index contributed by atoms with van der Waals surface area (Å²) in [6.45, 7) is 5.71. The van der Waals surface area contributed by atoms with Crippen molar-refractivity contribution in [3.8, 4) is 0 Å². The van der Waals surface area contributed by atoms with E-state index in [4.69, 9.17) is 4.74 Å². The number of carbonyl (C=O) groups is 1. The Hall–Kier alpha value is -2.17. The summed E-state index contributed by atoms with van der Waals surface area (Å²) < 4.78 is 6.33. The summed E-state index contributed by atoms with van der Waals surface area (Å²) in [5.41, 5.74) is 2.37. The molecule has 0 fully saturated rings. The van der Waals surface area contributed by atoms with Gasteiger partial charge >= 0.3 is 5.97 Å². The molecule has 0 amide bonds. The van der Waals surface area contributed by atoms with Crippen LogP contribution in [-0.2, 0) is 16.0 Å². The highest BCUT2D eigenvalue weighted by Crippen LogP contribution is 2.07. The minimum absolute atomic E-state index is 0.0394. The lowest BCUT2D eigenvalue weighted by Crippen LogP contribution is -2.24. The first-order valence-electron chi connectivity index (χ1n) is 6.17. The Morgan fingerprint density at radius 1 is 1.42 bits per heavy atom. The number of nitrogens with zero attached hydrogens (tertiary/aromatic N) is 2. The van der Waals surface area contributed by atoms with Crippen LogP contribution in [0.15, 0.2) is 23.1 Å². The van der Waals surface area contributed by atoms with Crippen molar-refractivity contribution in [1.29, 1.82) is 0 Å². The van der Waals surface area contributed by atoms with E-state index in [2.05, 4.69) is 4.98 Å². The summed E-state index contributed by atoms with van der Waals surface area (Å²) in [5, 5.41) is 0. The average Bonchev–Trinajstić information content (AvgIpc) is 2.34. The van der Waals surface area contributed by atoms with E-state index in [-0.39, 0.29) is 12.0 Å². The van der Waals surface area contributed by atoms with Crippen LogP contribution in [0.5, 0.6) is 0 Å². The van der Waals surface area contributed by atoms with Crippen molar-refractivity contribution in [2.75, 3.05) is 6.61 Å². The maximum Gasteiger partial charge on any atom is 0.310 e. The molecule has 2 heterocycles. The molecule has 2 rings (SSSR count). The van der Waals surface area contributed by atoms with E-state index in [1.165, 1.54) is 4.40 Å². The molecule has 0 atom stereocenters. The topological polar surface area (TPSA) is 60.7 Å². The summed E-state index contributed by atoms with van der Waals surface area (Å²) in [6.07, 6.45) is 1.64. The molecular formula is C14H16N2O3. The summed E-state index contributed by atoms with van der Waals surface area (Å²) in [4.78, 5) is 28.2. The molecule has 0 aliphatic heterocycles. The quantitative estimate of drug-likeness (QED) is 0.783. The number of hydrogen-bond acceptors (Lipinski definition) is 4. The maximum atomic E-state index is 12.3. The third-order valence-corrected chi connectivity index (χ3v) is 2.91. The average molecular weight is 260 g/mol. The molecule has 5 heteroatoms. The van der Waals surface area contributed by atoms with E-state index in [9.17, 15) is 9.59 Å². The molecule has 0 aliphatic carbocycles. The van der Waals surface area contributed by atoms with Crippen molar-refractivity contribution in [2.24, 2.45) is 0 Å². The molecule has 0 N–H and O–H groups in total. The fourth-order valence-corrected chi connectivity index (χ4v) is 1.95. The van der Waals surface area contributed by atoms with Gasteiger partial charge in [0.2, 0.25) is 0 Å². The molecule has 0 bridgehead atoms. The summed E-state index contributed by atoms with van der Waals surface area (Å²) in [7, 11) is 0. The molecule has 2 aromatic rings. The zero-order valence-electron chi connectivity index (χ0n) is 11.3. The monoisotopic (exact) mass is 260 g/mol. The first-order chi connectivity index (χ1) is 9.02. The number of esters is 1. The molecule has 2 aromatic heterocycles. The van der Waals surface area contributed by atoms with Crippen LogP contribution in [-0.4, -0.2) is 22.0 Å². The summed E-state index contributed by atoms with van der Waals surface area (Å²) >= 11 is 0. The van der Waals surface area contributed by atoms with Crippen molar-refractivity contribution in [3.05, 3.63) is 45.5 Å². The van der Waals surface area contributed by atoms with Crippen molar-refractivity contribution in [2.45, 2.75) is 27.2 Å². The van der Waals surface area contributed by atoms with E-state index >= 15 is 0 Å². The highest BCUT2D eigenvalue weighted by molar-refractivity contribution is 5.72. The van der Waals surface area contributed by atoms with Gasteiger partial charge < -0.3 is 4.74 Å². The van der Waals surface area contributed by atoms with Gasteiger partial charge in [-0.15, -0.1) is 0 Å². The van der Waals surface area contributed by atoms with Crippen LogP contribution < -0.4 is 5.56 Å². The highest BCUT2D eigenvalue weighted by atomic mass is 16.5. The first kappa shape index (κ1) is 13.3. The highest BCUT2D eigenvalue weighted by Gasteiger charge is 2.14. The smallest absolute Gasteiger partial charge is 0.310 e. The fraction of sp³-hybridized carbons (Fsp3) is 0.357. The number of ether oxygens (including phenoxy) is 1. The molecule has 0 aromatic carbocycles. The van der Waals surface area contributed by atoms with Gasteiger partial charge in [0.25, 0.3) is 5.56 Å². The van der Waals surface area contributed by atoms with E-state index in [0.717, 1.165) is 5.56 Å². The lowest BCUT2D eigenvalue weighted by atomic mass is 10.1. The Balaban J connectivity index is 2.54. The molecule has 0 radical (unpaired) electrons. The van der Waals surface area contributed by atoms with Crippen molar-refractivity contribution >= 4 is 11.6 Å². The normalized spacial score (nSPS) is 10.7. The first-order valence-corrected chi connectivity index (χ1v) is 6.17. The Bertz CT molecular complexity index is 689. The molecule has 5 nitrogen and oxygen atoms in total. The number of aromatic nitrogens is 2. The number of carbonyl (C=O) groups excluding carboxylic acids is 1. The molecule has 0 aliphatic rings. The molecule has 0 unspecified atom stereocenters. The van der Waals surface area contributed by atoms with Crippen LogP contribution in [0.1, 0.15) is 23.7 Å². The van der Waals surface area contributed by atoms with Gasteiger partial charge in [0.15, 0.2) is 0 Å². The lowest BCUT2D eigenvalue weighted by molar-refractivity contribution is -0.142. The predicted molar refractivity (Wildman–Crippen MR) is 71.3 cm³/mol. The second kappa shape index (κ2) is 5.22. The van der Waals surface area contributed by atoms with Gasteiger partial charge in [0, 0.05) is 11.9 Å². The summed E-state index contributed by atoms with van der Waals surface area (Å²) in [5.74, 6) is -0.406. The van der Waals surface area contributed by atoms with Crippen molar-refractivity contribution < 1.29 is 9.53 Å². The van der Waals surface area contributed by atoms with Gasteiger partial charge in [-0.2, -0.15) is 0 Å². The van der Waals surface area contributed by atoms with Gasteiger partial charge in [-0.25, -0.2) is 4.98 Å². The number of fused-ring (bicyclic) bond motifs is 1. The Labute approximate surface area is 110 Å². The van der Waals surface area contributed by atoms with Gasteiger partial charge in [-0.05, 0) is 38.5 Å². The van der Waals surface area contributed by atoms with Gasteiger partial charge in [0.05, 0.1) is 18.6 Å². The Kier molecular flexibility index (Phi) is 3.64. The van der Waals surface area contributed by atoms with Crippen LogP contribution in [0.25, 0.3) is 5.65 Å². The SMILES string of the molecule is CCOC(=O)Cc1c(C)nc2cc(C)ccn2c1=O. The van der Waals surface area contributed by atoms with E-state index in [0.29, 0.717) is 23.5 Å². The predicted octanol–water partition coefficient (Wildman–Crippen LogP) is 1.42. The third kappa shape index (κ3) is 2.65. The largest absolute Gasteiger partial charge is 0.466 e. The van der Waals surface area contributed by atoms with Gasteiger partial charge in [0.1, 0.15) is 5.65 Å². The van der Waals surface area contributed by atoms with Crippen LogP contribution >= 0.6 is 0 Å². The van der Waals surface area contributed by atoms with E-state index < -0.39 is 5.97 Å². The van der Waals surface area contributed by atoms with Gasteiger partial charge in [-0.1, -0.05) is 0 Å². The molecule has 100 valence electrons. The maximum absolute atomic E-state index is 12.3. The zero-order valence-corrected chi connectivity index (χ0v) is 11.3. The Morgan fingerprint density at radius 3 is 2.84 bits per heavy atom. The molecule has 19 heavy (non-hydrogen) atoms. The number of aryl methyl sites for hydroxylation is 2. The molecule has 0 spiro atoms. The van der Waals surface area contributed by atoms with Gasteiger partial charge in [-0.3, -0.25) is 14.0 Å². The van der Waals surface area contributed by atoms with E-state index in [1.54, 1.807) is 20.0 Å². The number of hydrogen-bond donors (Lipinski definition) is 0. The van der Waals surface area contributed by atoms with Crippen LogP contribution in [0, 0.1) is 13.8 Å². The minimum Gasteiger partial charge on any atom is -0.466 e. The van der Waals surface area contributed by atoms with E-state index in [1.807, 2.05) is 19.1 Å². The second-order valence-corrected chi connectivity index (χ2v) is 4.40. The third-order valence-electron chi connectivity index (χ3n) is 2.91. The molecular weight excluding hydrogens is 244 g/mol. The zero-order chi connectivity index (χ0) is 14.0. The Morgan fingerprint density at radius 2 is 2.16 bits per heavy atom. The summed E-state index contributed by atoms with van der Waals surface area (Å²) in [6, 6.07) is 3.67. The van der Waals surface area contributed by atoms with Crippen LogP contribution in [0.3, 0.4) is 0 Å². The lowest BCUT2D eigenvalue weighted by Gasteiger charge is -2.08. The minimum atomic E-state index is -0.406. The van der Waals surface area contributed by atoms with Crippen LogP contribution in [0.2, 0.25) is 0 Å².